The van der Waals surface area contributed by atoms with Crippen LogP contribution < -0.4 is 0 Å². The van der Waals surface area contributed by atoms with Crippen LogP contribution in [-0.4, -0.2) is 26.5 Å². The molecule has 1 aliphatic carbocycles. The van der Waals surface area contributed by atoms with E-state index in [1.54, 1.807) is 0 Å². The van der Waals surface area contributed by atoms with Crippen molar-refractivity contribution in [3.05, 3.63) is 18.7 Å². The second-order valence-electron chi connectivity index (χ2n) is 4.88. The molecule has 1 aromatic heterocycles. The van der Waals surface area contributed by atoms with Crippen LogP contribution in [0.2, 0.25) is 0 Å². The second kappa shape index (κ2) is 7.62. The normalized spacial score (nSPS) is 18.2. The molecule has 0 unspecified atom stereocenters. The summed E-state index contributed by atoms with van der Waals surface area (Å²) in [5.74, 6) is 1.15. The van der Waals surface area contributed by atoms with Gasteiger partial charge in [0.2, 0.25) is 0 Å². The van der Waals surface area contributed by atoms with E-state index in [1.807, 2.05) is 30.5 Å². The van der Waals surface area contributed by atoms with E-state index < -0.39 is 0 Å². The summed E-state index contributed by atoms with van der Waals surface area (Å²) in [5.41, 5.74) is 0. The Hall–Kier alpha value is -0.770. The number of unbranched alkanes of at least 4 members (excludes halogenated alkanes) is 1. The largest absolute Gasteiger partial charge is 0.285 e. The van der Waals surface area contributed by atoms with Gasteiger partial charge in [0.15, 0.2) is 5.17 Å². The molecule has 1 heterocycles. The number of aromatic nitrogens is 2. The second-order valence-corrected chi connectivity index (χ2v) is 5.94. The smallest absolute Gasteiger partial charge is 0.168 e. The Bertz CT molecular complexity index is 353. The van der Waals surface area contributed by atoms with Gasteiger partial charge >= 0.3 is 0 Å². The Kier molecular flexibility index (Phi) is 5.78. The monoisotopic (exact) mass is 265 g/mol. The molecule has 1 aliphatic rings. The minimum absolute atomic E-state index is 0.533. The summed E-state index contributed by atoms with van der Waals surface area (Å²) >= 11 is 1.87. The van der Waals surface area contributed by atoms with Gasteiger partial charge in [-0.15, -0.1) is 0 Å². The van der Waals surface area contributed by atoms with Crippen molar-refractivity contribution in [1.29, 1.82) is 0 Å². The lowest BCUT2D eigenvalue weighted by Crippen LogP contribution is -2.15. The summed E-state index contributed by atoms with van der Waals surface area (Å²) in [6, 6.07) is 0.533. The SMILES string of the molecule is CCCCSC(=NC1CCCCC1)n1ccnc1. The Labute approximate surface area is 114 Å². The topological polar surface area (TPSA) is 30.2 Å². The van der Waals surface area contributed by atoms with Gasteiger partial charge in [0.05, 0.1) is 6.04 Å². The maximum absolute atomic E-state index is 4.95. The molecule has 0 radical (unpaired) electrons. The molecule has 1 fully saturated rings. The lowest BCUT2D eigenvalue weighted by molar-refractivity contribution is 0.443. The van der Waals surface area contributed by atoms with E-state index in [0.29, 0.717) is 6.04 Å². The molecule has 0 spiro atoms. The highest BCUT2D eigenvalue weighted by atomic mass is 32.2. The predicted octanol–water partition coefficient (Wildman–Crippen LogP) is 3.95. The van der Waals surface area contributed by atoms with Crippen LogP contribution in [0.1, 0.15) is 51.9 Å². The summed E-state index contributed by atoms with van der Waals surface area (Å²) in [4.78, 5) is 9.09. The molecule has 2 rings (SSSR count). The number of hydrogen-bond acceptors (Lipinski definition) is 3. The van der Waals surface area contributed by atoms with Crippen LogP contribution in [0.3, 0.4) is 0 Å². The molecule has 18 heavy (non-hydrogen) atoms. The molecule has 0 saturated heterocycles. The van der Waals surface area contributed by atoms with Crippen LogP contribution in [-0.2, 0) is 0 Å². The first-order valence-electron chi connectivity index (χ1n) is 7.09. The van der Waals surface area contributed by atoms with Gasteiger partial charge in [-0.05, 0) is 19.3 Å². The van der Waals surface area contributed by atoms with Gasteiger partial charge in [0.1, 0.15) is 6.33 Å². The zero-order chi connectivity index (χ0) is 12.6. The maximum Gasteiger partial charge on any atom is 0.168 e. The van der Waals surface area contributed by atoms with Crippen molar-refractivity contribution in [1.82, 2.24) is 9.55 Å². The van der Waals surface area contributed by atoms with Crippen molar-refractivity contribution in [3.8, 4) is 0 Å². The number of hydrogen-bond donors (Lipinski definition) is 0. The number of aliphatic imine (C=N–C) groups is 1. The first-order chi connectivity index (χ1) is 8.90. The van der Waals surface area contributed by atoms with Gasteiger partial charge in [-0.2, -0.15) is 0 Å². The fraction of sp³-hybridized carbons (Fsp3) is 0.714. The molecule has 0 bridgehead atoms. The molecule has 0 amide bonds. The summed E-state index contributed by atoms with van der Waals surface area (Å²) in [6.45, 7) is 2.23. The van der Waals surface area contributed by atoms with E-state index in [2.05, 4.69) is 16.5 Å². The van der Waals surface area contributed by atoms with E-state index in [0.717, 1.165) is 10.9 Å². The average molecular weight is 265 g/mol. The molecule has 0 N–H and O–H groups in total. The van der Waals surface area contributed by atoms with E-state index in [4.69, 9.17) is 4.99 Å². The Morgan fingerprint density at radius 1 is 1.39 bits per heavy atom. The first-order valence-corrected chi connectivity index (χ1v) is 8.07. The van der Waals surface area contributed by atoms with E-state index in [9.17, 15) is 0 Å². The molecular weight excluding hydrogens is 242 g/mol. The van der Waals surface area contributed by atoms with Crippen molar-refractivity contribution in [2.45, 2.75) is 57.9 Å². The van der Waals surface area contributed by atoms with E-state index >= 15 is 0 Å². The fourth-order valence-electron chi connectivity index (χ4n) is 2.22. The molecule has 0 aromatic carbocycles. The van der Waals surface area contributed by atoms with Gasteiger partial charge in [-0.1, -0.05) is 44.4 Å². The Balaban J connectivity index is 2.00. The quantitative estimate of drug-likeness (QED) is 0.469. The predicted molar refractivity (Wildman–Crippen MR) is 79.3 cm³/mol. The first kappa shape index (κ1) is 13.7. The van der Waals surface area contributed by atoms with Gasteiger partial charge in [0, 0.05) is 18.1 Å². The van der Waals surface area contributed by atoms with Crippen LogP contribution >= 0.6 is 11.8 Å². The third kappa shape index (κ3) is 4.16. The molecule has 1 saturated carbocycles. The summed E-state index contributed by atoms with van der Waals surface area (Å²) < 4.78 is 2.06. The number of rotatable bonds is 4. The third-order valence-corrected chi connectivity index (χ3v) is 4.39. The molecule has 3 nitrogen and oxygen atoms in total. The standard InChI is InChI=1S/C14H23N3S/c1-2-3-11-18-14(17-10-9-15-12-17)16-13-7-5-4-6-8-13/h9-10,12-13H,2-8,11H2,1H3. The van der Waals surface area contributed by atoms with Crippen LogP contribution in [0.15, 0.2) is 23.7 Å². The highest BCUT2D eigenvalue weighted by Gasteiger charge is 2.14. The zero-order valence-electron chi connectivity index (χ0n) is 11.2. The molecule has 0 aliphatic heterocycles. The van der Waals surface area contributed by atoms with Crippen LogP contribution in [0, 0.1) is 0 Å². The van der Waals surface area contributed by atoms with Gasteiger partial charge in [-0.25, -0.2) is 4.98 Å². The van der Waals surface area contributed by atoms with E-state index in [-0.39, 0.29) is 0 Å². The Morgan fingerprint density at radius 2 is 2.22 bits per heavy atom. The van der Waals surface area contributed by atoms with Crippen LogP contribution in [0.25, 0.3) is 0 Å². The number of thioether (sulfide) groups is 1. The van der Waals surface area contributed by atoms with Crippen LogP contribution in [0.5, 0.6) is 0 Å². The van der Waals surface area contributed by atoms with E-state index in [1.165, 1.54) is 44.9 Å². The van der Waals surface area contributed by atoms with Crippen molar-refractivity contribution in [2.24, 2.45) is 4.99 Å². The Morgan fingerprint density at radius 3 is 2.89 bits per heavy atom. The molecular formula is C14H23N3S. The lowest BCUT2D eigenvalue weighted by atomic mass is 9.96. The van der Waals surface area contributed by atoms with Crippen molar-refractivity contribution in [2.75, 3.05) is 5.75 Å². The number of imidazole rings is 1. The highest BCUT2D eigenvalue weighted by molar-refractivity contribution is 8.13. The maximum atomic E-state index is 4.95. The average Bonchev–Trinajstić information content (AvgIpc) is 2.93. The summed E-state index contributed by atoms with van der Waals surface area (Å²) in [6.07, 6.45) is 14.8. The molecule has 100 valence electrons. The number of nitrogens with zero attached hydrogens (tertiary/aromatic N) is 3. The summed E-state index contributed by atoms with van der Waals surface area (Å²) in [5, 5.41) is 1.13. The van der Waals surface area contributed by atoms with Crippen molar-refractivity contribution >= 4 is 16.9 Å². The van der Waals surface area contributed by atoms with Crippen LogP contribution in [0.4, 0.5) is 0 Å². The van der Waals surface area contributed by atoms with Gasteiger partial charge in [0.25, 0.3) is 0 Å². The molecule has 1 aromatic rings. The third-order valence-electron chi connectivity index (χ3n) is 3.32. The zero-order valence-corrected chi connectivity index (χ0v) is 12.0. The minimum Gasteiger partial charge on any atom is -0.285 e. The minimum atomic E-state index is 0.533. The lowest BCUT2D eigenvalue weighted by Gasteiger charge is -2.19. The summed E-state index contributed by atoms with van der Waals surface area (Å²) in [7, 11) is 0. The van der Waals surface area contributed by atoms with Crippen molar-refractivity contribution < 1.29 is 0 Å². The molecule has 4 heteroatoms. The van der Waals surface area contributed by atoms with Gasteiger partial charge < -0.3 is 0 Å². The van der Waals surface area contributed by atoms with Gasteiger partial charge in [-0.3, -0.25) is 9.56 Å². The molecule has 0 atom stereocenters. The highest BCUT2D eigenvalue weighted by Crippen LogP contribution is 2.22. The van der Waals surface area contributed by atoms with Crippen molar-refractivity contribution in [3.63, 3.8) is 0 Å². The fourth-order valence-corrected chi connectivity index (χ4v) is 3.32.